The molecule has 124 valence electrons. The second kappa shape index (κ2) is 6.52. The van der Waals surface area contributed by atoms with Gasteiger partial charge in [-0.25, -0.2) is 4.98 Å². The van der Waals surface area contributed by atoms with E-state index in [-0.39, 0.29) is 5.91 Å². The number of rotatable bonds is 3. The van der Waals surface area contributed by atoms with Crippen LogP contribution in [-0.4, -0.2) is 15.3 Å². The normalized spacial score (nSPS) is 11.0. The quantitative estimate of drug-likeness (QED) is 0.495. The summed E-state index contributed by atoms with van der Waals surface area (Å²) in [5.41, 5.74) is 2.92. The maximum absolute atomic E-state index is 12.4. The van der Waals surface area contributed by atoms with Gasteiger partial charge >= 0.3 is 0 Å². The fourth-order valence-electron chi connectivity index (χ4n) is 2.46. The Labute approximate surface area is 157 Å². The zero-order chi connectivity index (χ0) is 17.4. The summed E-state index contributed by atoms with van der Waals surface area (Å²) in [6.45, 7) is 0. The largest absolute Gasteiger partial charge is 0.322 e. The Morgan fingerprint density at radius 3 is 2.80 bits per heavy atom. The molecular formula is C18H11Cl2N3OS. The van der Waals surface area contributed by atoms with Gasteiger partial charge in [0.15, 0.2) is 4.96 Å². The number of anilines is 1. The smallest absolute Gasteiger partial charge is 0.255 e. The van der Waals surface area contributed by atoms with Gasteiger partial charge in [-0.1, -0.05) is 35.3 Å². The average molecular weight is 388 g/mol. The zero-order valence-electron chi connectivity index (χ0n) is 12.7. The van der Waals surface area contributed by atoms with Gasteiger partial charge in [-0.2, -0.15) is 0 Å². The molecule has 2 heterocycles. The summed E-state index contributed by atoms with van der Waals surface area (Å²) in [7, 11) is 0. The van der Waals surface area contributed by atoms with E-state index in [1.54, 1.807) is 29.5 Å². The highest BCUT2D eigenvalue weighted by Gasteiger charge is 2.10. The lowest BCUT2D eigenvalue weighted by molar-refractivity contribution is 0.102. The Morgan fingerprint density at radius 1 is 1.12 bits per heavy atom. The Kier molecular flexibility index (Phi) is 4.21. The van der Waals surface area contributed by atoms with Gasteiger partial charge < -0.3 is 5.32 Å². The van der Waals surface area contributed by atoms with Gasteiger partial charge in [-0.3, -0.25) is 9.20 Å². The number of thiazole rings is 1. The minimum absolute atomic E-state index is 0.249. The third-order valence-electron chi connectivity index (χ3n) is 3.69. The van der Waals surface area contributed by atoms with Gasteiger partial charge in [0.25, 0.3) is 5.91 Å². The first-order chi connectivity index (χ1) is 12.1. The molecule has 2 aromatic carbocycles. The predicted molar refractivity (Wildman–Crippen MR) is 103 cm³/mol. The van der Waals surface area contributed by atoms with Crippen LogP contribution in [0.2, 0.25) is 10.0 Å². The first-order valence-electron chi connectivity index (χ1n) is 7.39. The lowest BCUT2D eigenvalue weighted by atomic mass is 10.1. The van der Waals surface area contributed by atoms with Gasteiger partial charge in [0, 0.05) is 34.6 Å². The van der Waals surface area contributed by atoms with Gasteiger partial charge in [-0.15, -0.1) is 11.3 Å². The SMILES string of the molecule is O=C(Nc1cccc(-c2cn3ccsc3n2)c1)c1ccc(Cl)c(Cl)c1. The van der Waals surface area contributed by atoms with Crippen molar-refractivity contribution >= 4 is 51.1 Å². The molecule has 7 heteroatoms. The second-order valence-corrected chi connectivity index (χ2v) is 7.07. The number of carbonyl (C=O) groups excluding carboxylic acids is 1. The van der Waals surface area contributed by atoms with Crippen molar-refractivity contribution in [2.75, 3.05) is 5.32 Å². The van der Waals surface area contributed by atoms with Crippen LogP contribution in [0.25, 0.3) is 16.2 Å². The van der Waals surface area contributed by atoms with E-state index >= 15 is 0 Å². The molecule has 4 nitrogen and oxygen atoms in total. The zero-order valence-corrected chi connectivity index (χ0v) is 15.1. The van der Waals surface area contributed by atoms with E-state index in [0.717, 1.165) is 16.2 Å². The highest BCUT2D eigenvalue weighted by molar-refractivity contribution is 7.15. The first-order valence-corrected chi connectivity index (χ1v) is 9.03. The summed E-state index contributed by atoms with van der Waals surface area (Å²) in [4.78, 5) is 17.9. The molecular weight excluding hydrogens is 377 g/mol. The number of hydrogen-bond donors (Lipinski definition) is 1. The predicted octanol–water partition coefficient (Wildman–Crippen LogP) is 5.62. The molecule has 0 unspecified atom stereocenters. The standard InChI is InChI=1S/C18H11Cl2N3OS/c19-14-5-4-12(9-15(14)20)17(24)21-13-3-1-2-11(8-13)16-10-23-6-7-25-18(23)22-16/h1-10H,(H,21,24). The number of halogens is 2. The lowest BCUT2D eigenvalue weighted by Gasteiger charge is -2.07. The molecule has 2 aromatic heterocycles. The Balaban J connectivity index is 1.59. The Bertz CT molecular complexity index is 1060. The van der Waals surface area contributed by atoms with Crippen LogP contribution in [0.1, 0.15) is 10.4 Å². The summed E-state index contributed by atoms with van der Waals surface area (Å²) < 4.78 is 1.97. The highest BCUT2D eigenvalue weighted by Crippen LogP contribution is 2.25. The van der Waals surface area contributed by atoms with E-state index in [1.807, 2.05) is 46.4 Å². The molecule has 0 aliphatic heterocycles. The summed E-state index contributed by atoms with van der Waals surface area (Å²) in [6.07, 6.45) is 3.93. The van der Waals surface area contributed by atoms with Crippen molar-refractivity contribution in [1.29, 1.82) is 0 Å². The molecule has 4 aromatic rings. The fraction of sp³-hybridized carbons (Fsp3) is 0. The minimum atomic E-state index is -0.249. The fourth-order valence-corrected chi connectivity index (χ4v) is 3.46. The topological polar surface area (TPSA) is 46.4 Å². The number of benzene rings is 2. The third kappa shape index (κ3) is 3.26. The number of amides is 1. The Morgan fingerprint density at radius 2 is 2.00 bits per heavy atom. The van der Waals surface area contributed by atoms with Gasteiger partial charge in [0.2, 0.25) is 0 Å². The van der Waals surface area contributed by atoms with Gasteiger partial charge in [-0.05, 0) is 30.3 Å². The van der Waals surface area contributed by atoms with Crippen molar-refractivity contribution in [3.63, 3.8) is 0 Å². The van der Waals surface area contributed by atoms with E-state index in [1.165, 1.54) is 0 Å². The molecule has 0 bridgehead atoms. The van der Waals surface area contributed by atoms with E-state index in [2.05, 4.69) is 10.3 Å². The molecule has 1 N–H and O–H groups in total. The van der Waals surface area contributed by atoms with Crippen molar-refractivity contribution < 1.29 is 4.79 Å². The Hall–Kier alpha value is -2.34. The van der Waals surface area contributed by atoms with Crippen LogP contribution in [0, 0.1) is 0 Å². The molecule has 0 saturated carbocycles. The number of fused-ring (bicyclic) bond motifs is 1. The van der Waals surface area contributed by atoms with Crippen LogP contribution in [0.5, 0.6) is 0 Å². The summed E-state index contributed by atoms with van der Waals surface area (Å²) >= 11 is 13.4. The molecule has 0 aliphatic carbocycles. The van der Waals surface area contributed by atoms with Crippen molar-refractivity contribution in [2.45, 2.75) is 0 Å². The number of nitrogens with zero attached hydrogens (tertiary/aromatic N) is 2. The maximum atomic E-state index is 12.4. The number of hydrogen-bond acceptors (Lipinski definition) is 3. The van der Waals surface area contributed by atoms with Gasteiger partial charge in [0.1, 0.15) is 0 Å². The average Bonchev–Trinajstić information content (AvgIpc) is 3.19. The lowest BCUT2D eigenvalue weighted by Crippen LogP contribution is -2.11. The number of aromatic nitrogens is 2. The van der Waals surface area contributed by atoms with E-state index in [0.29, 0.717) is 21.3 Å². The number of carbonyl (C=O) groups is 1. The summed E-state index contributed by atoms with van der Waals surface area (Å²) in [5.74, 6) is -0.249. The van der Waals surface area contributed by atoms with E-state index < -0.39 is 0 Å². The first kappa shape index (κ1) is 16.1. The van der Waals surface area contributed by atoms with E-state index in [9.17, 15) is 4.79 Å². The molecule has 0 spiro atoms. The van der Waals surface area contributed by atoms with Crippen molar-refractivity contribution in [1.82, 2.24) is 9.38 Å². The number of nitrogens with one attached hydrogen (secondary N) is 1. The molecule has 0 atom stereocenters. The van der Waals surface area contributed by atoms with Crippen LogP contribution in [0.15, 0.2) is 60.2 Å². The monoisotopic (exact) mass is 387 g/mol. The van der Waals surface area contributed by atoms with Gasteiger partial charge in [0.05, 0.1) is 15.7 Å². The summed E-state index contributed by atoms with van der Waals surface area (Å²) in [6, 6.07) is 12.4. The van der Waals surface area contributed by atoms with Crippen LogP contribution < -0.4 is 5.32 Å². The van der Waals surface area contributed by atoms with Crippen molar-refractivity contribution in [3.8, 4) is 11.3 Å². The molecule has 0 saturated heterocycles. The third-order valence-corrected chi connectivity index (χ3v) is 5.20. The van der Waals surface area contributed by atoms with E-state index in [4.69, 9.17) is 23.2 Å². The van der Waals surface area contributed by atoms with Crippen LogP contribution in [0.3, 0.4) is 0 Å². The van der Waals surface area contributed by atoms with Crippen molar-refractivity contribution in [2.24, 2.45) is 0 Å². The van der Waals surface area contributed by atoms with Crippen LogP contribution in [-0.2, 0) is 0 Å². The number of imidazole rings is 1. The van der Waals surface area contributed by atoms with Crippen LogP contribution >= 0.6 is 34.5 Å². The molecule has 1 amide bonds. The molecule has 4 rings (SSSR count). The maximum Gasteiger partial charge on any atom is 0.255 e. The second-order valence-electron chi connectivity index (χ2n) is 5.38. The molecule has 25 heavy (non-hydrogen) atoms. The minimum Gasteiger partial charge on any atom is -0.322 e. The van der Waals surface area contributed by atoms with Crippen molar-refractivity contribution in [3.05, 3.63) is 75.8 Å². The van der Waals surface area contributed by atoms with Crippen LogP contribution in [0.4, 0.5) is 5.69 Å². The highest BCUT2D eigenvalue weighted by atomic mass is 35.5. The molecule has 0 fully saturated rings. The molecule has 0 radical (unpaired) electrons. The summed E-state index contributed by atoms with van der Waals surface area (Å²) in [5, 5.41) is 5.62. The molecule has 0 aliphatic rings.